The molecule has 1 saturated heterocycles. The van der Waals surface area contributed by atoms with E-state index in [-0.39, 0.29) is 18.7 Å². The molecule has 8 nitrogen and oxygen atoms in total. The molecular formula is C20H30N2O6S. The Kier molecular flexibility index (Phi) is 10.4. The summed E-state index contributed by atoms with van der Waals surface area (Å²) >= 11 is -0.750. The molecule has 0 unspecified atom stereocenters. The fourth-order valence-corrected chi connectivity index (χ4v) is 2.96. The molecule has 1 aliphatic rings. The molecule has 1 aromatic rings. The maximum Gasteiger partial charge on any atom is 0.410 e. The smallest absolute Gasteiger partial charge is 0.410 e. The molecule has 1 heterocycles. The van der Waals surface area contributed by atoms with E-state index in [1.54, 1.807) is 4.90 Å². The van der Waals surface area contributed by atoms with E-state index in [0.717, 1.165) is 18.4 Å². The molecule has 1 fully saturated rings. The van der Waals surface area contributed by atoms with Gasteiger partial charge in [-0.15, -0.1) is 0 Å². The Balaban J connectivity index is 0.00000132. The van der Waals surface area contributed by atoms with Gasteiger partial charge in [0.2, 0.25) is 0 Å². The molecule has 1 N–H and O–H groups in total. The van der Waals surface area contributed by atoms with Gasteiger partial charge in [-0.05, 0) is 45.1 Å². The van der Waals surface area contributed by atoms with E-state index in [0.29, 0.717) is 19.0 Å². The lowest BCUT2D eigenvalue weighted by Crippen LogP contribution is -2.51. The van der Waals surface area contributed by atoms with Crippen molar-refractivity contribution in [3.63, 3.8) is 0 Å². The third-order valence-electron chi connectivity index (χ3n) is 4.26. The van der Waals surface area contributed by atoms with E-state index in [2.05, 4.69) is 12.2 Å². The molecule has 9 heteroatoms. The van der Waals surface area contributed by atoms with Crippen LogP contribution in [0.1, 0.15) is 46.1 Å². The van der Waals surface area contributed by atoms with Crippen molar-refractivity contribution in [2.75, 3.05) is 13.1 Å². The van der Waals surface area contributed by atoms with Crippen molar-refractivity contribution < 1.29 is 27.5 Å². The van der Waals surface area contributed by atoms with E-state index in [1.807, 2.05) is 51.1 Å². The normalized spacial score (nSPS) is 18.7. The topological polar surface area (TPSA) is 102 Å². The number of ether oxygens (including phenoxy) is 2. The molecule has 0 aliphatic carbocycles. The maximum atomic E-state index is 12.6. The lowest BCUT2D eigenvalue weighted by Gasteiger charge is -2.38. The second kappa shape index (κ2) is 12.2. The van der Waals surface area contributed by atoms with Gasteiger partial charge in [0.15, 0.2) is 0 Å². The monoisotopic (exact) mass is 426 g/mol. The number of nitrogens with one attached hydrogen (secondary N) is 1. The molecule has 2 atom stereocenters. The van der Waals surface area contributed by atoms with Crippen molar-refractivity contribution in [1.82, 2.24) is 10.2 Å². The van der Waals surface area contributed by atoms with Crippen molar-refractivity contribution in [2.45, 2.75) is 58.8 Å². The highest BCUT2D eigenvalue weighted by Gasteiger charge is 2.31. The van der Waals surface area contributed by atoms with Crippen LogP contribution in [-0.4, -0.2) is 50.2 Å². The Labute approximate surface area is 175 Å². The second-order valence-corrected chi connectivity index (χ2v) is 8.12. The van der Waals surface area contributed by atoms with Crippen LogP contribution < -0.4 is 5.32 Å². The van der Waals surface area contributed by atoms with Gasteiger partial charge in [0.25, 0.3) is 0 Å². The summed E-state index contributed by atoms with van der Waals surface area (Å²) in [6.07, 6.45) is 1.05. The first-order valence-corrected chi connectivity index (χ1v) is 10.2. The molecule has 0 bridgehead atoms. The summed E-state index contributed by atoms with van der Waals surface area (Å²) in [5.74, 6) is 0.414. The fraction of sp³-hybridized carbons (Fsp3) is 0.600. The maximum absolute atomic E-state index is 12.6. The number of nitrogens with zero attached hydrogens (tertiary/aromatic N) is 1. The standard InChI is InChI=1S/C20H30N2O4.O2S/c1-15-10-11-17(12-21-18(23)26-20(2,3)4)22(13-15)19(24)25-14-16-8-6-5-7-9-16;1-3-2/h5-9,15,17H,10-14H2,1-4H3,(H,21,23);/t15-,17-;/m1./s1. The van der Waals surface area contributed by atoms with E-state index in [4.69, 9.17) is 17.9 Å². The third-order valence-corrected chi connectivity index (χ3v) is 4.26. The van der Waals surface area contributed by atoms with Crippen molar-refractivity contribution in [2.24, 2.45) is 5.92 Å². The second-order valence-electron chi connectivity index (χ2n) is 7.98. The average molecular weight is 427 g/mol. The Bertz CT molecular complexity index is 686. The molecule has 1 aromatic carbocycles. The van der Waals surface area contributed by atoms with E-state index >= 15 is 0 Å². The van der Waals surface area contributed by atoms with Gasteiger partial charge in [-0.2, -0.15) is 8.42 Å². The van der Waals surface area contributed by atoms with E-state index < -0.39 is 23.3 Å². The van der Waals surface area contributed by atoms with Crippen molar-refractivity contribution in [3.8, 4) is 0 Å². The third kappa shape index (κ3) is 10.1. The van der Waals surface area contributed by atoms with Crippen LogP contribution in [0.15, 0.2) is 30.3 Å². The summed E-state index contributed by atoms with van der Waals surface area (Å²) in [5.41, 5.74) is 0.411. The van der Waals surface area contributed by atoms with Gasteiger partial charge >= 0.3 is 23.8 Å². The Morgan fingerprint density at radius 3 is 2.38 bits per heavy atom. The zero-order valence-corrected chi connectivity index (χ0v) is 18.2. The van der Waals surface area contributed by atoms with Crippen molar-refractivity contribution in [1.29, 1.82) is 0 Å². The summed E-state index contributed by atoms with van der Waals surface area (Å²) in [7, 11) is 0. The van der Waals surface area contributed by atoms with Crippen LogP contribution in [0.3, 0.4) is 0 Å². The largest absolute Gasteiger partial charge is 0.445 e. The Morgan fingerprint density at radius 1 is 1.17 bits per heavy atom. The van der Waals surface area contributed by atoms with E-state index in [1.165, 1.54) is 0 Å². The molecule has 0 saturated carbocycles. The molecular weight excluding hydrogens is 396 g/mol. The molecule has 29 heavy (non-hydrogen) atoms. The van der Waals surface area contributed by atoms with E-state index in [9.17, 15) is 9.59 Å². The minimum Gasteiger partial charge on any atom is -0.445 e. The molecule has 162 valence electrons. The zero-order chi connectivity index (χ0) is 21.9. The molecule has 0 aromatic heterocycles. The molecule has 1 aliphatic heterocycles. The van der Waals surface area contributed by atoms with Crippen LogP contribution in [-0.2, 0) is 27.7 Å². The number of likely N-dealkylation sites (tertiary alicyclic amines) is 1. The van der Waals surface area contributed by atoms with Gasteiger partial charge < -0.3 is 19.7 Å². The first kappa shape index (κ1) is 24.6. The summed E-state index contributed by atoms with van der Waals surface area (Å²) in [6, 6.07) is 9.53. The van der Waals surface area contributed by atoms with Gasteiger partial charge in [-0.25, -0.2) is 9.59 Å². The molecule has 0 spiro atoms. The van der Waals surface area contributed by atoms with Crippen LogP contribution in [0.25, 0.3) is 0 Å². The van der Waals surface area contributed by atoms with Crippen molar-refractivity contribution >= 4 is 23.8 Å². The number of benzene rings is 1. The highest BCUT2D eigenvalue weighted by atomic mass is 32.1. The minimum atomic E-state index is -0.750. The van der Waals surface area contributed by atoms with Gasteiger partial charge in [0.1, 0.15) is 12.2 Å². The molecule has 2 rings (SSSR count). The first-order chi connectivity index (χ1) is 13.7. The minimum absolute atomic E-state index is 0.0815. The van der Waals surface area contributed by atoms with Gasteiger partial charge in [-0.3, -0.25) is 0 Å². The Morgan fingerprint density at radius 2 is 1.79 bits per heavy atom. The van der Waals surface area contributed by atoms with Crippen LogP contribution in [0.2, 0.25) is 0 Å². The predicted molar refractivity (Wildman–Crippen MR) is 109 cm³/mol. The van der Waals surface area contributed by atoms with Crippen LogP contribution in [0.5, 0.6) is 0 Å². The first-order valence-electron chi connectivity index (χ1n) is 9.52. The van der Waals surface area contributed by atoms with Gasteiger partial charge in [0.05, 0.1) is 6.04 Å². The molecule has 0 radical (unpaired) electrons. The van der Waals surface area contributed by atoms with Crippen molar-refractivity contribution in [3.05, 3.63) is 35.9 Å². The summed E-state index contributed by atoms with van der Waals surface area (Å²) < 4.78 is 27.3. The fourth-order valence-electron chi connectivity index (χ4n) is 2.96. The van der Waals surface area contributed by atoms with Crippen LogP contribution >= 0.6 is 0 Å². The molecule has 2 amide bonds. The number of alkyl carbamates (subject to hydrolysis) is 1. The average Bonchev–Trinajstić information content (AvgIpc) is 2.65. The summed E-state index contributed by atoms with van der Waals surface area (Å²) in [5, 5.41) is 2.77. The highest BCUT2D eigenvalue weighted by Crippen LogP contribution is 2.22. The SMILES string of the molecule is C[C@@H]1CC[C@H](CNC(=O)OC(C)(C)C)N(C(=O)OCc2ccccc2)C1.O=S=O. The lowest BCUT2D eigenvalue weighted by atomic mass is 9.94. The number of amides is 2. The predicted octanol–water partition coefficient (Wildman–Crippen LogP) is 3.28. The van der Waals surface area contributed by atoms with Gasteiger partial charge in [0, 0.05) is 13.1 Å². The number of carbonyl (C=O) groups excluding carboxylic acids is 2. The summed E-state index contributed by atoms with van der Waals surface area (Å²) in [4.78, 5) is 26.2. The highest BCUT2D eigenvalue weighted by molar-refractivity contribution is 7.51. The number of piperidine rings is 1. The zero-order valence-electron chi connectivity index (χ0n) is 17.4. The Hall–Kier alpha value is -2.42. The van der Waals surface area contributed by atoms with Gasteiger partial charge in [-0.1, -0.05) is 37.3 Å². The number of hydrogen-bond donors (Lipinski definition) is 1. The summed E-state index contributed by atoms with van der Waals surface area (Å²) in [6.45, 7) is 8.83. The quantitative estimate of drug-likeness (QED) is 0.793. The van der Waals surface area contributed by atoms with Crippen LogP contribution in [0, 0.1) is 5.92 Å². The lowest BCUT2D eigenvalue weighted by molar-refractivity contribution is 0.0421. The number of rotatable bonds is 4. The number of hydrogen-bond acceptors (Lipinski definition) is 6. The number of carbonyl (C=O) groups is 2. The van der Waals surface area contributed by atoms with Crippen LogP contribution in [0.4, 0.5) is 9.59 Å².